The molecule has 2 aromatic rings. The molecule has 2 aliphatic rings. The Kier molecular flexibility index (Phi) is 4.07. The highest BCUT2D eigenvalue weighted by molar-refractivity contribution is 6.01. The quantitative estimate of drug-likeness (QED) is 0.890. The van der Waals surface area contributed by atoms with Gasteiger partial charge in [0.05, 0.1) is 5.56 Å². The van der Waals surface area contributed by atoms with E-state index in [0.29, 0.717) is 11.4 Å². The Morgan fingerprint density at radius 1 is 1.24 bits per heavy atom. The standard InChI is InChI=1S/C18H18N4O3/c23-18(24)13-5-3-4-12(10-13)16-20-17(25-21-16)14-6-7-15(19-11-14)22-8-1-2-9-22/h3-7,10-11,17H,1-2,8-9H2,(H,20,21)(H,23,24). The highest BCUT2D eigenvalue weighted by Gasteiger charge is 2.22. The van der Waals surface area contributed by atoms with Crippen LogP contribution in [0.1, 0.15) is 40.6 Å². The molecule has 0 saturated carbocycles. The van der Waals surface area contributed by atoms with E-state index in [1.807, 2.05) is 12.1 Å². The molecule has 25 heavy (non-hydrogen) atoms. The van der Waals surface area contributed by atoms with Crippen molar-refractivity contribution in [2.45, 2.75) is 19.1 Å². The molecule has 0 spiro atoms. The second kappa shape index (κ2) is 6.52. The van der Waals surface area contributed by atoms with E-state index in [-0.39, 0.29) is 5.56 Å². The maximum Gasteiger partial charge on any atom is 0.335 e. The number of aliphatic imine (C=N–C) groups is 1. The predicted octanol–water partition coefficient (Wildman–Crippen LogP) is 2.36. The Labute approximate surface area is 144 Å². The molecular weight excluding hydrogens is 320 g/mol. The third kappa shape index (κ3) is 3.18. The number of pyridine rings is 1. The van der Waals surface area contributed by atoms with Crippen LogP contribution in [-0.4, -0.2) is 35.0 Å². The molecule has 0 aliphatic carbocycles. The molecule has 3 heterocycles. The summed E-state index contributed by atoms with van der Waals surface area (Å²) in [6.45, 7) is 2.10. The van der Waals surface area contributed by atoms with Crippen LogP contribution in [0, 0.1) is 0 Å². The van der Waals surface area contributed by atoms with Gasteiger partial charge in [0.2, 0.25) is 6.23 Å². The number of nitrogens with one attached hydrogen (secondary N) is 1. The Balaban J connectivity index is 1.52. The number of rotatable bonds is 4. The molecule has 2 N–H and O–H groups in total. The smallest absolute Gasteiger partial charge is 0.335 e. The number of aromatic carboxylic acids is 1. The molecule has 7 heteroatoms. The lowest BCUT2D eigenvalue weighted by Gasteiger charge is -2.16. The molecule has 1 aromatic heterocycles. The average Bonchev–Trinajstić information content (AvgIpc) is 3.34. The van der Waals surface area contributed by atoms with Crippen molar-refractivity contribution in [1.29, 1.82) is 0 Å². The molecule has 1 saturated heterocycles. The number of benzene rings is 1. The monoisotopic (exact) mass is 338 g/mol. The van der Waals surface area contributed by atoms with Crippen LogP contribution in [0.4, 0.5) is 5.82 Å². The summed E-state index contributed by atoms with van der Waals surface area (Å²) in [7, 11) is 0. The zero-order valence-electron chi connectivity index (χ0n) is 13.6. The number of hydrogen-bond donors (Lipinski definition) is 2. The molecule has 7 nitrogen and oxygen atoms in total. The molecule has 1 fully saturated rings. The van der Waals surface area contributed by atoms with Gasteiger partial charge >= 0.3 is 5.97 Å². The second-order valence-corrected chi connectivity index (χ2v) is 6.08. The third-order valence-corrected chi connectivity index (χ3v) is 4.38. The summed E-state index contributed by atoms with van der Waals surface area (Å²) in [5.41, 5.74) is 4.50. The van der Waals surface area contributed by atoms with Gasteiger partial charge in [0.15, 0.2) is 5.84 Å². The van der Waals surface area contributed by atoms with Gasteiger partial charge in [-0.1, -0.05) is 12.1 Å². The van der Waals surface area contributed by atoms with Crippen molar-refractivity contribution < 1.29 is 14.7 Å². The lowest BCUT2D eigenvalue weighted by atomic mass is 10.1. The van der Waals surface area contributed by atoms with E-state index in [0.717, 1.165) is 24.5 Å². The molecule has 128 valence electrons. The third-order valence-electron chi connectivity index (χ3n) is 4.38. The van der Waals surface area contributed by atoms with Crippen molar-refractivity contribution in [3.05, 3.63) is 59.3 Å². The van der Waals surface area contributed by atoms with Crippen molar-refractivity contribution in [3.63, 3.8) is 0 Å². The fourth-order valence-electron chi connectivity index (χ4n) is 3.03. The molecular formula is C18H18N4O3. The second-order valence-electron chi connectivity index (χ2n) is 6.08. The van der Waals surface area contributed by atoms with Crippen LogP contribution in [0.15, 0.2) is 47.6 Å². The lowest BCUT2D eigenvalue weighted by molar-refractivity contribution is 0.0375. The minimum Gasteiger partial charge on any atom is -0.478 e. The van der Waals surface area contributed by atoms with Crippen LogP contribution in [0.5, 0.6) is 0 Å². The zero-order valence-corrected chi connectivity index (χ0v) is 13.6. The molecule has 1 aromatic carbocycles. The Bertz CT molecular complexity index is 813. The van der Waals surface area contributed by atoms with Gasteiger partial charge in [-0.3, -0.25) is 0 Å². The average molecular weight is 338 g/mol. The fraction of sp³-hybridized carbons (Fsp3) is 0.278. The van der Waals surface area contributed by atoms with E-state index in [1.54, 1.807) is 30.5 Å². The maximum absolute atomic E-state index is 11.1. The summed E-state index contributed by atoms with van der Waals surface area (Å²) in [5.74, 6) is 0.516. The maximum atomic E-state index is 11.1. The molecule has 0 bridgehead atoms. The molecule has 2 aliphatic heterocycles. The van der Waals surface area contributed by atoms with E-state index >= 15 is 0 Å². The summed E-state index contributed by atoms with van der Waals surface area (Å²) < 4.78 is 0. The predicted molar refractivity (Wildman–Crippen MR) is 92.6 cm³/mol. The minimum absolute atomic E-state index is 0.210. The lowest BCUT2D eigenvalue weighted by Crippen LogP contribution is -2.19. The number of aromatic nitrogens is 1. The molecule has 4 rings (SSSR count). The SMILES string of the molecule is O=C(O)c1cccc(C2=NC(c3ccc(N4CCCC4)nc3)ON2)c1. The van der Waals surface area contributed by atoms with Gasteiger partial charge in [-0.05, 0) is 37.1 Å². The first-order valence-electron chi connectivity index (χ1n) is 8.25. The first-order chi connectivity index (χ1) is 12.2. The van der Waals surface area contributed by atoms with Crippen molar-refractivity contribution >= 4 is 17.6 Å². The van der Waals surface area contributed by atoms with Crippen LogP contribution in [0.3, 0.4) is 0 Å². The van der Waals surface area contributed by atoms with Gasteiger partial charge in [-0.2, -0.15) is 0 Å². The largest absolute Gasteiger partial charge is 0.478 e. The van der Waals surface area contributed by atoms with Crippen LogP contribution < -0.4 is 10.4 Å². The number of nitrogens with zero attached hydrogens (tertiary/aromatic N) is 3. The summed E-state index contributed by atoms with van der Waals surface area (Å²) in [6.07, 6.45) is 3.70. The van der Waals surface area contributed by atoms with Gasteiger partial charge in [0.25, 0.3) is 0 Å². The van der Waals surface area contributed by atoms with Crippen LogP contribution in [0.2, 0.25) is 0 Å². The van der Waals surface area contributed by atoms with Gasteiger partial charge in [-0.25, -0.2) is 25.1 Å². The molecule has 1 unspecified atom stereocenters. The minimum atomic E-state index is -0.973. The van der Waals surface area contributed by atoms with Crippen LogP contribution >= 0.6 is 0 Å². The van der Waals surface area contributed by atoms with E-state index < -0.39 is 12.2 Å². The highest BCUT2D eigenvalue weighted by atomic mass is 16.7. The van der Waals surface area contributed by atoms with Crippen molar-refractivity contribution in [2.75, 3.05) is 18.0 Å². The van der Waals surface area contributed by atoms with Gasteiger partial charge < -0.3 is 10.0 Å². The number of hydroxylamine groups is 1. The van der Waals surface area contributed by atoms with E-state index in [1.165, 1.54) is 12.8 Å². The number of carboxylic acids is 1. The molecule has 0 radical (unpaired) electrons. The molecule has 0 amide bonds. The van der Waals surface area contributed by atoms with Crippen molar-refractivity contribution in [3.8, 4) is 0 Å². The topological polar surface area (TPSA) is 87.0 Å². The Morgan fingerprint density at radius 2 is 2.08 bits per heavy atom. The van der Waals surface area contributed by atoms with Crippen LogP contribution in [-0.2, 0) is 4.84 Å². The summed E-state index contributed by atoms with van der Waals surface area (Å²) >= 11 is 0. The number of hydrogen-bond acceptors (Lipinski definition) is 6. The number of carboxylic acid groups (broad SMARTS) is 1. The summed E-state index contributed by atoms with van der Waals surface area (Å²) in [6, 6.07) is 10.5. The Hall–Kier alpha value is -2.93. The summed E-state index contributed by atoms with van der Waals surface area (Å²) in [4.78, 5) is 27.9. The van der Waals surface area contributed by atoms with E-state index in [4.69, 9.17) is 9.94 Å². The highest BCUT2D eigenvalue weighted by Crippen LogP contribution is 2.25. The van der Waals surface area contributed by atoms with Gasteiger partial charge in [0.1, 0.15) is 5.82 Å². The number of anilines is 1. The zero-order chi connectivity index (χ0) is 17.2. The Morgan fingerprint density at radius 3 is 2.80 bits per heavy atom. The van der Waals surface area contributed by atoms with E-state index in [9.17, 15) is 4.79 Å². The first-order valence-corrected chi connectivity index (χ1v) is 8.25. The van der Waals surface area contributed by atoms with Crippen molar-refractivity contribution in [2.24, 2.45) is 4.99 Å². The van der Waals surface area contributed by atoms with Gasteiger partial charge in [-0.15, -0.1) is 0 Å². The van der Waals surface area contributed by atoms with Gasteiger partial charge in [0, 0.05) is 30.4 Å². The number of carbonyl (C=O) groups is 1. The van der Waals surface area contributed by atoms with E-state index in [2.05, 4.69) is 20.4 Å². The number of amidine groups is 1. The fourth-order valence-corrected chi connectivity index (χ4v) is 3.03. The summed E-state index contributed by atoms with van der Waals surface area (Å²) in [5, 5.41) is 9.09. The normalized spacial score (nSPS) is 19.6. The van der Waals surface area contributed by atoms with Crippen molar-refractivity contribution in [1.82, 2.24) is 10.5 Å². The van der Waals surface area contributed by atoms with Crippen LogP contribution in [0.25, 0.3) is 0 Å². The first kappa shape index (κ1) is 15.6. The molecule has 1 atom stereocenters.